The fourth-order valence-corrected chi connectivity index (χ4v) is 3.26. The Hall–Kier alpha value is -1.30. The number of nitrogens with two attached hydrogens (primary N) is 1. The van der Waals surface area contributed by atoms with Gasteiger partial charge in [0.2, 0.25) is 0 Å². The van der Waals surface area contributed by atoms with Crippen molar-refractivity contribution in [2.75, 3.05) is 19.8 Å². The largest absolute Gasteiger partial charge is 0.489 e. The Morgan fingerprint density at radius 1 is 1.43 bits per heavy atom. The van der Waals surface area contributed by atoms with Crippen LogP contribution in [0.3, 0.4) is 0 Å². The number of nitrogens with one attached hydrogen (secondary N) is 1. The smallest absolute Gasteiger partial charge is 0.132 e. The molecule has 1 spiro atoms. The van der Waals surface area contributed by atoms with E-state index in [4.69, 9.17) is 37.0 Å². The summed E-state index contributed by atoms with van der Waals surface area (Å²) in [7, 11) is 0. The Kier molecular flexibility index (Phi) is 4.06. The van der Waals surface area contributed by atoms with Gasteiger partial charge < -0.3 is 19.9 Å². The molecule has 0 bridgehead atoms. The molecule has 1 aromatic carbocycles. The van der Waals surface area contributed by atoms with E-state index >= 15 is 0 Å². The molecule has 114 valence electrons. The van der Waals surface area contributed by atoms with Gasteiger partial charge in [0.15, 0.2) is 0 Å². The minimum atomic E-state index is -0.210. The minimum Gasteiger partial charge on any atom is -0.489 e. The summed E-state index contributed by atoms with van der Waals surface area (Å²) in [6, 6.07) is 5.31. The zero-order valence-corrected chi connectivity index (χ0v) is 12.5. The number of hydrogen-bond acceptors (Lipinski definition) is 4. The fourth-order valence-electron chi connectivity index (χ4n) is 2.99. The second-order valence-corrected chi connectivity index (χ2v) is 6.00. The summed E-state index contributed by atoms with van der Waals surface area (Å²) in [5.41, 5.74) is 5.86. The van der Waals surface area contributed by atoms with Crippen molar-refractivity contribution in [2.24, 2.45) is 5.73 Å². The number of hydrogen-bond donors (Lipinski definition) is 2. The molecule has 5 nitrogen and oxygen atoms in total. The highest BCUT2D eigenvalue weighted by Crippen LogP contribution is 2.35. The van der Waals surface area contributed by atoms with Crippen LogP contribution in [0.2, 0.25) is 5.02 Å². The van der Waals surface area contributed by atoms with Crippen LogP contribution in [0.4, 0.5) is 0 Å². The van der Waals surface area contributed by atoms with Gasteiger partial charge in [0, 0.05) is 25.9 Å². The molecule has 0 amide bonds. The van der Waals surface area contributed by atoms with Gasteiger partial charge in [-0.1, -0.05) is 17.7 Å². The monoisotopic (exact) mass is 310 g/mol. The molecule has 2 saturated heterocycles. The lowest BCUT2D eigenvalue weighted by molar-refractivity contribution is -0.112. The highest BCUT2D eigenvalue weighted by atomic mass is 35.5. The predicted molar refractivity (Wildman–Crippen MR) is 80.2 cm³/mol. The second kappa shape index (κ2) is 5.83. The van der Waals surface area contributed by atoms with Crippen LogP contribution in [-0.2, 0) is 9.47 Å². The molecule has 0 aliphatic carbocycles. The third-order valence-corrected chi connectivity index (χ3v) is 4.37. The standard InChI is InChI=1S/C15H19ClN2O3/c16-11-2-1-3-12(13(11)14(17)18)21-10-4-6-20-15(8-10)5-7-19-9-15/h1-3,10H,4-9H2,(H3,17,18). The van der Waals surface area contributed by atoms with Crippen molar-refractivity contribution in [3.8, 4) is 5.75 Å². The third kappa shape index (κ3) is 3.00. The van der Waals surface area contributed by atoms with Crippen LogP contribution in [0.1, 0.15) is 24.8 Å². The number of amidine groups is 1. The van der Waals surface area contributed by atoms with Crippen LogP contribution in [0.25, 0.3) is 0 Å². The molecule has 21 heavy (non-hydrogen) atoms. The Morgan fingerprint density at radius 2 is 2.29 bits per heavy atom. The van der Waals surface area contributed by atoms with E-state index in [1.807, 2.05) is 0 Å². The van der Waals surface area contributed by atoms with Crippen LogP contribution < -0.4 is 10.5 Å². The molecule has 0 aromatic heterocycles. The highest BCUT2D eigenvalue weighted by Gasteiger charge is 2.42. The fraction of sp³-hybridized carbons (Fsp3) is 0.533. The highest BCUT2D eigenvalue weighted by molar-refractivity contribution is 6.34. The first-order chi connectivity index (χ1) is 10.1. The zero-order chi connectivity index (χ0) is 14.9. The molecule has 2 atom stereocenters. The molecule has 1 aromatic rings. The molecule has 2 fully saturated rings. The SMILES string of the molecule is N=C(N)c1c(Cl)cccc1OC1CCOC2(CCOC2)C1. The van der Waals surface area contributed by atoms with Crippen molar-refractivity contribution in [1.29, 1.82) is 5.41 Å². The summed E-state index contributed by atoms with van der Waals surface area (Å²) < 4.78 is 17.4. The van der Waals surface area contributed by atoms with E-state index in [0.29, 0.717) is 29.5 Å². The van der Waals surface area contributed by atoms with Gasteiger partial charge in [0.1, 0.15) is 17.7 Å². The summed E-state index contributed by atoms with van der Waals surface area (Å²) in [5.74, 6) is 0.484. The topological polar surface area (TPSA) is 77.6 Å². The third-order valence-electron chi connectivity index (χ3n) is 4.05. The van der Waals surface area contributed by atoms with Crippen molar-refractivity contribution in [3.05, 3.63) is 28.8 Å². The molecular formula is C15H19ClN2O3. The van der Waals surface area contributed by atoms with Gasteiger partial charge in [0.25, 0.3) is 0 Å². The maximum Gasteiger partial charge on any atom is 0.132 e. The van der Waals surface area contributed by atoms with E-state index in [1.54, 1.807) is 18.2 Å². The van der Waals surface area contributed by atoms with E-state index < -0.39 is 0 Å². The van der Waals surface area contributed by atoms with Gasteiger partial charge in [-0.05, 0) is 12.1 Å². The average molecular weight is 311 g/mol. The van der Waals surface area contributed by atoms with E-state index in [9.17, 15) is 0 Å². The number of benzene rings is 1. The van der Waals surface area contributed by atoms with E-state index in [0.717, 1.165) is 25.9 Å². The van der Waals surface area contributed by atoms with Crippen molar-refractivity contribution < 1.29 is 14.2 Å². The second-order valence-electron chi connectivity index (χ2n) is 5.59. The van der Waals surface area contributed by atoms with Gasteiger partial charge in [-0.15, -0.1) is 0 Å². The minimum absolute atomic E-state index is 0.0250. The quantitative estimate of drug-likeness (QED) is 0.663. The number of halogens is 1. The Labute approximate surface area is 128 Å². The summed E-state index contributed by atoms with van der Waals surface area (Å²) in [6.45, 7) is 2.02. The summed E-state index contributed by atoms with van der Waals surface area (Å²) in [6.07, 6.45) is 2.53. The van der Waals surface area contributed by atoms with E-state index in [2.05, 4.69) is 0 Å². The zero-order valence-electron chi connectivity index (χ0n) is 11.7. The van der Waals surface area contributed by atoms with Crippen molar-refractivity contribution >= 4 is 17.4 Å². The normalized spacial score (nSPS) is 28.7. The molecule has 2 unspecified atom stereocenters. The van der Waals surface area contributed by atoms with Gasteiger partial charge in [-0.3, -0.25) is 5.41 Å². The molecule has 2 heterocycles. The predicted octanol–water partition coefficient (Wildman–Crippen LogP) is 2.34. The van der Waals surface area contributed by atoms with Crippen LogP contribution in [-0.4, -0.2) is 37.4 Å². The molecule has 0 saturated carbocycles. The van der Waals surface area contributed by atoms with Gasteiger partial charge in [0.05, 0.1) is 29.4 Å². The Balaban J connectivity index is 1.77. The first-order valence-electron chi connectivity index (χ1n) is 7.11. The van der Waals surface area contributed by atoms with Crippen molar-refractivity contribution in [1.82, 2.24) is 0 Å². The molecule has 0 radical (unpaired) electrons. The maximum atomic E-state index is 7.66. The van der Waals surface area contributed by atoms with Crippen LogP contribution in [0.5, 0.6) is 5.75 Å². The van der Waals surface area contributed by atoms with Gasteiger partial charge in [-0.25, -0.2) is 0 Å². The molecule has 6 heteroatoms. The molecular weight excluding hydrogens is 292 g/mol. The lowest BCUT2D eigenvalue weighted by atomic mass is 9.91. The van der Waals surface area contributed by atoms with E-state index in [1.165, 1.54) is 0 Å². The first kappa shape index (κ1) is 14.6. The lowest BCUT2D eigenvalue weighted by Gasteiger charge is -2.37. The number of ether oxygens (including phenoxy) is 3. The number of rotatable bonds is 3. The van der Waals surface area contributed by atoms with Gasteiger partial charge in [-0.2, -0.15) is 0 Å². The molecule has 3 rings (SSSR count). The molecule has 3 N–H and O–H groups in total. The average Bonchev–Trinajstić information content (AvgIpc) is 2.86. The molecule has 2 aliphatic heterocycles. The van der Waals surface area contributed by atoms with E-state index in [-0.39, 0.29) is 17.5 Å². The lowest BCUT2D eigenvalue weighted by Crippen LogP contribution is -2.44. The first-order valence-corrected chi connectivity index (χ1v) is 7.49. The van der Waals surface area contributed by atoms with Crippen molar-refractivity contribution in [2.45, 2.75) is 31.0 Å². The summed E-state index contributed by atoms with van der Waals surface area (Å²) in [4.78, 5) is 0. The van der Waals surface area contributed by atoms with Crippen molar-refractivity contribution in [3.63, 3.8) is 0 Å². The van der Waals surface area contributed by atoms with Gasteiger partial charge >= 0.3 is 0 Å². The summed E-state index contributed by atoms with van der Waals surface area (Å²) >= 11 is 6.12. The summed E-state index contributed by atoms with van der Waals surface area (Å²) in [5, 5.41) is 8.10. The maximum absolute atomic E-state index is 7.66. The Morgan fingerprint density at radius 3 is 3.00 bits per heavy atom. The number of nitrogen functional groups attached to an aromatic ring is 1. The molecule has 2 aliphatic rings. The van der Waals surface area contributed by atoms with Crippen LogP contribution in [0, 0.1) is 5.41 Å². The Bertz CT molecular complexity index is 544. The van der Waals surface area contributed by atoms with Crippen LogP contribution in [0.15, 0.2) is 18.2 Å². The van der Waals surface area contributed by atoms with Crippen LogP contribution >= 0.6 is 11.6 Å².